The minimum Gasteiger partial charge on any atom is -0.374 e. The monoisotopic (exact) mass is 307 g/mol. The number of rotatable bonds is 5. The standard InChI is InChI=1S/C13H17N5O2S/c19-12(16-13-14-3-7-21-13)10-17-5-6-20-11(8-17)9-18-4-1-2-15-18/h1-4,7,11H,5-6,8-10H2,(H,14,16,19)/t11-/m0/s1. The summed E-state index contributed by atoms with van der Waals surface area (Å²) in [6, 6.07) is 1.89. The number of carbonyl (C=O) groups excluding carboxylic acids is 1. The smallest absolute Gasteiger partial charge is 0.240 e. The van der Waals surface area contributed by atoms with Crippen molar-refractivity contribution in [3.05, 3.63) is 30.0 Å². The lowest BCUT2D eigenvalue weighted by Gasteiger charge is -2.32. The van der Waals surface area contributed by atoms with Gasteiger partial charge in [0.2, 0.25) is 5.91 Å². The molecular weight excluding hydrogens is 290 g/mol. The van der Waals surface area contributed by atoms with E-state index in [0.29, 0.717) is 24.8 Å². The third-order valence-corrected chi connectivity index (χ3v) is 3.91. The second kappa shape index (κ2) is 6.79. The molecule has 1 saturated heterocycles. The number of hydrogen-bond donors (Lipinski definition) is 1. The lowest BCUT2D eigenvalue weighted by molar-refractivity contribution is -0.119. The number of thiazole rings is 1. The molecule has 0 spiro atoms. The quantitative estimate of drug-likeness (QED) is 0.879. The second-order valence-electron chi connectivity index (χ2n) is 4.84. The molecule has 0 aliphatic carbocycles. The molecular formula is C13H17N5O2S. The highest BCUT2D eigenvalue weighted by molar-refractivity contribution is 7.13. The van der Waals surface area contributed by atoms with Gasteiger partial charge in [-0.25, -0.2) is 4.98 Å². The van der Waals surface area contributed by atoms with Crippen LogP contribution < -0.4 is 5.32 Å². The molecule has 7 nitrogen and oxygen atoms in total. The van der Waals surface area contributed by atoms with E-state index >= 15 is 0 Å². The van der Waals surface area contributed by atoms with E-state index in [1.54, 1.807) is 12.4 Å². The molecule has 1 amide bonds. The summed E-state index contributed by atoms with van der Waals surface area (Å²) in [6.07, 6.45) is 5.40. The second-order valence-corrected chi connectivity index (χ2v) is 5.74. The van der Waals surface area contributed by atoms with Gasteiger partial charge >= 0.3 is 0 Å². The first-order valence-electron chi connectivity index (χ1n) is 6.80. The molecule has 8 heteroatoms. The van der Waals surface area contributed by atoms with E-state index in [-0.39, 0.29) is 12.0 Å². The van der Waals surface area contributed by atoms with Crippen molar-refractivity contribution in [1.82, 2.24) is 19.7 Å². The largest absolute Gasteiger partial charge is 0.374 e. The number of amides is 1. The van der Waals surface area contributed by atoms with Crippen molar-refractivity contribution in [1.29, 1.82) is 0 Å². The van der Waals surface area contributed by atoms with E-state index in [9.17, 15) is 4.79 Å². The molecule has 0 saturated carbocycles. The molecule has 1 aliphatic rings. The number of carbonyl (C=O) groups is 1. The molecule has 0 radical (unpaired) electrons. The van der Waals surface area contributed by atoms with Crippen LogP contribution in [0.2, 0.25) is 0 Å². The van der Waals surface area contributed by atoms with Crippen molar-refractivity contribution in [2.45, 2.75) is 12.6 Å². The Morgan fingerprint density at radius 3 is 3.24 bits per heavy atom. The zero-order chi connectivity index (χ0) is 14.5. The summed E-state index contributed by atoms with van der Waals surface area (Å²) in [5.41, 5.74) is 0. The summed E-state index contributed by atoms with van der Waals surface area (Å²) < 4.78 is 7.58. The van der Waals surface area contributed by atoms with Crippen molar-refractivity contribution in [2.24, 2.45) is 0 Å². The lowest BCUT2D eigenvalue weighted by atomic mass is 10.2. The van der Waals surface area contributed by atoms with Crippen molar-refractivity contribution in [2.75, 3.05) is 31.6 Å². The molecule has 2 aromatic heterocycles. The molecule has 21 heavy (non-hydrogen) atoms. The van der Waals surface area contributed by atoms with Gasteiger partial charge in [0.15, 0.2) is 5.13 Å². The minimum absolute atomic E-state index is 0.0373. The number of ether oxygens (including phenoxy) is 1. The summed E-state index contributed by atoms with van der Waals surface area (Å²) in [7, 11) is 0. The van der Waals surface area contributed by atoms with E-state index in [1.165, 1.54) is 11.3 Å². The molecule has 1 N–H and O–H groups in total. The molecule has 1 atom stereocenters. The molecule has 3 rings (SSSR count). The van der Waals surface area contributed by atoms with Gasteiger partial charge in [-0.1, -0.05) is 0 Å². The van der Waals surface area contributed by atoms with Gasteiger partial charge in [-0.05, 0) is 6.07 Å². The zero-order valence-corrected chi connectivity index (χ0v) is 12.3. The number of anilines is 1. The van der Waals surface area contributed by atoms with E-state index in [1.807, 2.05) is 22.3 Å². The van der Waals surface area contributed by atoms with Crippen molar-refractivity contribution in [3.8, 4) is 0 Å². The highest BCUT2D eigenvalue weighted by Crippen LogP contribution is 2.11. The average molecular weight is 307 g/mol. The fraction of sp³-hybridized carbons (Fsp3) is 0.462. The van der Waals surface area contributed by atoms with Crippen LogP contribution in [0, 0.1) is 0 Å². The van der Waals surface area contributed by atoms with Crippen molar-refractivity contribution >= 4 is 22.4 Å². The zero-order valence-electron chi connectivity index (χ0n) is 11.5. The lowest BCUT2D eigenvalue weighted by Crippen LogP contribution is -2.47. The topological polar surface area (TPSA) is 72.3 Å². The van der Waals surface area contributed by atoms with Crippen LogP contribution in [0.1, 0.15) is 0 Å². The number of hydrogen-bond acceptors (Lipinski definition) is 6. The Morgan fingerprint density at radius 1 is 1.52 bits per heavy atom. The summed E-state index contributed by atoms with van der Waals surface area (Å²) in [4.78, 5) is 18.1. The Morgan fingerprint density at radius 2 is 2.48 bits per heavy atom. The average Bonchev–Trinajstić information content (AvgIpc) is 3.12. The van der Waals surface area contributed by atoms with Gasteiger partial charge in [0, 0.05) is 37.1 Å². The van der Waals surface area contributed by atoms with Crippen LogP contribution in [-0.4, -0.2) is 57.9 Å². The van der Waals surface area contributed by atoms with Crippen LogP contribution in [0.3, 0.4) is 0 Å². The Kier molecular flexibility index (Phi) is 4.59. The molecule has 1 aliphatic heterocycles. The van der Waals surface area contributed by atoms with Crippen molar-refractivity contribution < 1.29 is 9.53 Å². The maximum Gasteiger partial charge on any atom is 0.240 e. The maximum absolute atomic E-state index is 12.0. The normalized spacial score (nSPS) is 19.5. The van der Waals surface area contributed by atoms with Gasteiger partial charge in [-0.15, -0.1) is 11.3 Å². The Balaban J connectivity index is 1.48. The van der Waals surface area contributed by atoms with Gasteiger partial charge in [0.05, 0.1) is 25.8 Å². The third kappa shape index (κ3) is 4.10. The molecule has 3 heterocycles. The van der Waals surface area contributed by atoms with Crippen LogP contribution in [0.4, 0.5) is 5.13 Å². The Bertz CT molecular complexity index is 557. The molecule has 0 aromatic carbocycles. The van der Waals surface area contributed by atoms with E-state index in [2.05, 4.69) is 20.3 Å². The van der Waals surface area contributed by atoms with Crippen molar-refractivity contribution in [3.63, 3.8) is 0 Å². The summed E-state index contributed by atoms with van der Waals surface area (Å²) >= 11 is 1.42. The van der Waals surface area contributed by atoms with E-state index in [0.717, 1.165) is 13.1 Å². The number of nitrogens with one attached hydrogen (secondary N) is 1. The van der Waals surface area contributed by atoms with Crippen LogP contribution >= 0.6 is 11.3 Å². The highest BCUT2D eigenvalue weighted by atomic mass is 32.1. The van der Waals surface area contributed by atoms with Gasteiger partial charge < -0.3 is 10.1 Å². The molecule has 0 bridgehead atoms. The summed E-state index contributed by atoms with van der Waals surface area (Å²) in [5, 5.41) is 9.45. The Labute approximate surface area is 126 Å². The SMILES string of the molecule is O=C(CN1CCO[C@H](Cn2cccn2)C1)Nc1nccs1. The molecule has 1 fully saturated rings. The van der Waals surface area contributed by atoms with Gasteiger partial charge in [-0.3, -0.25) is 14.4 Å². The van der Waals surface area contributed by atoms with Crippen LogP contribution in [-0.2, 0) is 16.1 Å². The third-order valence-electron chi connectivity index (χ3n) is 3.22. The Hall–Kier alpha value is -1.77. The van der Waals surface area contributed by atoms with Crippen LogP contribution in [0.25, 0.3) is 0 Å². The van der Waals surface area contributed by atoms with Crippen LogP contribution in [0.5, 0.6) is 0 Å². The van der Waals surface area contributed by atoms with Gasteiger partial charge in [-0.2, -0.15) is 5.10 Å². The number of morpholine rings is 1. The first-order chi connectivity index (χ1) is 10.3. The van der Waals surface area contributed by atoms with E-state index < -0.39 is 0 Å². The van der Waals surface area contributed by atoms with Gasteiger partial charge in [0.1, 0.15) is 0 Å². The molecule has 2 aromatic rings. The fourth-order valence-corrected chi connectivity index (χ4v) is 2.84. The minimum atomic E-state index is -0.0373. The molecule has 112 valence electrons. The molecule has 0 unspecified atom stereocenters. The van der Waals surface area contributed by atoms with E-state index in [4.69, 9.17) is 4.74 Å². The summed E-state index contributed by atoms with van der Waals surface area (Å²) in [6.45, 7) is 3.19. The first-order valence-corrected chi connectivity index (χ1v) is 7.68. The predicted molar refractivity (Wildman–Crippen MR) is 79.2 cm³/mol. The number of nitrogens with zero attached hydrogens (tertiary/aromatic N) is 4. The van der Waals surface area contributed by atoms with Crippen LogP contribution in [0.15, 0.2) is 30.0 Å². The van der Waals surface area contributed by atoms with Gasteiger partial charge in [0.25, 0.3) is 0 Å². The maximum atomic E-state index is 12.0. The highest BCUT2D eigenvalue weighted by Gasteiger charge is 2.22. The summed E-state index contributed by atoms with van der Waals surface area (Å²) in [5.74, 6) is -0.0373. The number of aromatic nitrogens is 3. The fourth-order valence-electron chi connectivity index (χ4n) is 2.30. The first kappa shape index (κ1) is 14.2. The predicted octanol–water partition coefficient (Wildman–Crippen LogP) is 0.679.